The standard InChI is InChI=1S/C10H7BrClN3O/c11-7-4-14-5-15-10(7)16-9-2-1-6(13)3-8(9)12/h1-5H,13H2. The van der Waals surface area contributed by atoms with E-state index in [1.54, 1.807) is 24.4 Å². The molecule has 0 bridgehead atoms. The molecule has 6 heteroatoms. The molecule has 0 aliphatic carbocycles. The third-order valence-corrected chi connectivity index (χ3v) is 2.64. The van der Waals surface area contributed by atoms with Crippen LogP contribution in [0.4, 0.5) is 5.69 Å². The van der Waals surface area contributed by atoms with E-state index >= 15 is 0 Å². The number of nitrogen functional groups attached to an aromatic ring is 1. The second-order valence-electron chi connectivity index (χ2n) is 2.97. The van der Waals surface area contributed by atoms with Gasteiger partial charge in [0.05, 0.1) is 9.50 Å². The van der Waals surface area contributed by atoms with Crippen molar-refractivity contribution >= 4 is 33.2 Å². The lowest BCUT2D eigenvalue weighted by atomic mass is 10.3. The second kappa shape index (κ2) is 4.67. The van der Waals surface area contributed by atoms with Crippen molar-refractivity contribution in [3.63, 3.8) is 0 Å². The van der Waals surface area contributed by atoms with Gasteiger partial charge in [0, 0.05) is 11.9 Å². The first-order chi connectivity index (χ1) is 7.66. The average molecular weight is 301 g/mol. The van der Waals surface area contributed by atoms with Gasteiger partial charge in [-0.05, 0) is 34.1 Å². The van der Waals surface area contributed by atoms with E-state index in [-0.39, 0.29) is 0 Å². The normalized spacial score (nSPS) is 10.1. The Morgan fingerprint density at radius 2 is 2.19 bits per heavy atom. The van der Waals surface area contributed by atoms with Gasteiger partial charge >= 0.3 is 0 Å². The van der Waals surface area contributed by atoms with Crippen LogP contribution in [-0.4, -0.2) is 9.97 Å². The fraction of sp³-hybridized carbons (Fsp3) is 0. The Hall–Kier alpha value is -1.33. The van der Waals surface area contributed by atoms with Crippen molar-refractivity contribution < 1.29 is 4.74 Å². The molecule has 0 aliphatic heterocycles. The molecule has 0 saturated heterocycles. The SMILES string of the molecule is Nc1ccc(Oc2ncncc2Br)c(Cl)c1. The Morgan fingerprint density at radius 1 is 1.38 bits per heavy atom. The maximum Gasteiger partial charge on any atom is 0.236 e. The number of hydrogen-bond donors (Lipinski definition) is 1. The minimum absolute atomic E-state index is 0.404. The topological polar surface area (TPSA) is 61.0 Å². The molecule has 2 rings (SSSR count). The lowest BCUT2D eigenvalue weighted by molar-refractivity contribution is 0.458. The molecule has 1 aromatic heterocycles. The molecule has 82 valence electrons. The van der Waals surface area contributed by atoms with Gasteiger partial charge in [0.1, 0.15) is 12.1 Å². The van der Waals surface area contributed by atoms with Crippen LogP contribution in [0.15, 0.2) is 35.2 Å². The van der Waals surface area contributed by atoms with Crippen LogP contribution in [0, 0.1) is 0 Å². The van der Waals surface area contributed by atoms with Crippen LogP contribution in [0.5, 0.6) is 11.6 Å². The third kappa shape index (κ3) is 2.43. The Labute approximate surface area is 106 Å². The predicted molar refractivity (Wildman–Crippen MR) is 65.7 cm³/mol. The van der Waals surface area contributed by atoms with Gasteiger partial charge in [0.2, 0.25) is 5.88 Å². The number of anilines is 1. The van der Waals surface area contributed by atoms with Gasteiger partial charge in [-0.15, -0.1) is 0 Å². The highest BCUT2D eigenvalue weighted by Crippen LogP contribution is 2.32. The Kier molecular flexibility index (Phi) is 3.26. The summed E-state index contributed by atoms with van der Waals surface area (Å²) in [6.07, 6.45) is 2.98. The van der Waals surface area contributed by atoms with Crippen LogP contribution in [0.3, 0.4) is 0 Å². The first-order valence-electron chi connectivity index (χ1n) is 4.35. The fourth-order valence-electron chi connectivity index (χ4n) is 1.08. The fourth-order valence-corrected chi connectivity index (χ4v) is 1.61. The Balaban J connectivity index is 2.31. The van der Waals surface area contributed by atoms with E-state index in [0.29, 0.717) is 26.8 Å². The molecule has 1 heterocycles. The van der Waals surface area contributed by atoms with Gasteiger partial charge < -0.3 is 10.5 Å². The Bertz CT molecular complexity index is 521. The van der Waals surface area contributed by atoms with E-state index in [0.717, 1.165) is 0 Å². The monoisotopic (exact) mass is 299 g/mol. The van der Waals surface area contributed by atoms with Gasteiger partial charge in [-0.1, -0.05) is 11.6 Å². The number of rotatable bonds is 2. The van der Waals surface area contributed by atoms with Crippen LogP contribution in [0.25, 0.3) is 0 Å². The third-order valence-electron chi connectivity index (χ3n) is 1.80. The van der Waals surface area contributed by atoms with Crippen LogP contribution >= 0.6 is 27.5 Å². The highest BCUT2D eigenvalue weighted by atomic mass is 79.9. The smallest absolute Gasteiger partial charge is 0.236 e. The lowest BCUT2D eigenvalue weighted by Crippen LogP contribution is -1.92. The summed E-state index contributed by atoms with van der Waals surface area (Å²) < 4.78 is 6.16. The minimum Gasteiger partial charge on any atom is -0.436 e. The number of ether oxygens (including phenoxy) is 1. The van der Waals surface area contributed by atoms with Gasteiger partial charge in [-0.25, -0.2) is 9.97 Å². The van der Waals surface area contributed by atoms with Gasteiger partial charge in [0.15, 0.2) is 0 Å². The zero-order valence-electron chi connectivity index (χ0n) is 8.02. The first-order valence-corrected chi connectivity index (χ1v) is 5.52. The van der Waals surface area contributed by atoms with Crippen LogP contribution in [-0.2, 0) is 0 Å². The summed E-state index contributed by atoms with van der Waals surface area (Å²) >= 11 is 9.24. The molecule has 0 fully saturated rings. The summed E-state index contributed by atoms with van der Waals surface area (Å²) in [6, 6.07) is 5.01. The van der Waals surface area contributed by atoms with E-state index < -0.39 is 0 Å². The zero-order valence-corrected chi connectivity index (χ0v) is 10.4. The van der Waals surface area contributed by atoms with Crippen LogP contribution in [0.2, 0.25) is 5.02 Å². The van der Waals surface area contributed by atoms with Gasteiger partial charge in [-0.2, -0.15) is 0 Å². The number of nitrogens with two attached hydrogens (primary N) is 1. The number of halogens is 2. The van der Waals surface area contributed by atoms with E-state index in [1.807, 2.05) is 0 Å². The summed E-state index contributed by atoms with van der Waals surface area (Å²) in [7, 11) is 0. The molecule has 0 unspecified atom stereocenters. The quantitative estimate of drug-likeness (QED) is 0.865. The molecule has 16 heavy (non-hydrogen) atoms. The number of nitrogens with zero attached hydrogens (tertiary/aromatic N) is 2. The maximum absolute atomic E-state index is 5.97. The summed E-state index contributed by atoms with van der Waals surface area (Å²) in [4.78, 5) is 7.80. The largest absolute Gasteiger partial charge is 0.436 e. The molecule has 0 aliphatic rings. The maximum atomic E-state index is 5.97. The van der Waals surface area contributed by atoms with Crippen LogP contribution < -0.4 is 10.5 Å². The Morgan fingerprint density at radius 3 is 2.88 bits per heavy atom. The summed E-state index contributed by atoms with van der Waals surface area (Å²) in [5.74, 6) is 0.900. The van der Waals surface area contributed by atoms with Crippen molar-refractivity contribution in [1.82, 2.24) is 9.97 Å². The molecular weight excluding hydrogens is 293 g/mol. The van der Waals surface area contributed by atoms with Crippen LogP contribution in [0.1, 0.15) is 0 Å². The number of hydrogen-bond acceptors (Lipinski definition) is 4. The van der Waals surface area contributed by atoms with Crippen molar-refractivity contribution in [2.24, 2.45) is 0 Å². The predicted octanol–water partition coefficient (Wildman–Crippen LogP) is 3.27. The summed E-state index contributed by atoms with van der Waals surface area (Å²) in [5, 5.41) is 0.436. The number of benzene rings is 1. The van der Waals surface area contributed by atoms with Crippen molar-refractivity contribution in [2.45, 2.75) is 0 Å². The molecule has 2 N–H and O–H groups in total. The second-order valence-corrected chi connectivity index (χ2v) is 4.23. The molecule has 0 atom stereocenters. The van der Waals surface area contributed by atoms with E-state index in [2.05, 4.69) is 25.9 Å². The molecular formula is C10H7BrClN3O. The highest BCUT2D eigenvalue weighted by molar-refractivity contribution is 9.10. The average Bonchev–Trinajstić information content (AvgIpc) is 2.25. The molecule has 0 spiro atoms. The molecule has 0 saturated carbocycles. The van der Waals surface area contributed by atoms with Gasteiger partial charge in [0.25, 0.3) is 0 Å². The molecule has 4 nitrogen and oxygen atoms in total. The van der Waals surface area contributed by atoms with Crippen molar-refractivity contribution in [2.75, 3.05) is 5.73 Å². The summed E-state index contributed by atoms with van der Waals surface area (Å²) in [6.45, 7) is 0. The summed E-state index contributed by atoms with van der Waals surface area (Å²) in [5.41, 5.74) is 6.16. The van der Waals surface area contributed by atoms with Gasteiger partial charge in [-0.3, -0.25) is 0 Å². The molecule has 0 amide bonds. The van der Waals surface area contributed by atoms with Crippen molar-refractivity contribution in [3.05, 3.63) is 40.2 Å². The molecule has 0 radical (unpaired) electrons. The zero-order chi connectivity index (χ0) is 11.5. The van der Waals surface area contributed by atoms with Crippen molar-refractivity contribution in [3.8, 4) is 11.6 Å². The van der Waals surface area contributed by atoms with E-state index in [1.165, 1.54) is 6.33 Å². The molecule has 1 aromatic carbocycles. The highest BCUT2D eigenvalue weighted by Gasteiger charge is 2.07. The lowest BCUT2D eigenvalue weighted by Gasteiger charge is -2.07. The molecule has 2 aromatic rings. The van der Waals surface area contributed by atoms with E-state index in [9.17, 15) is 0 Å². The first kappa shape index (κ1) is 11.2. The number of aromatic nitrogens is 2. The minimum atomic E-state index is 0.404. The van der Waals surface area contributed by atoms with Crippen molar-refractivity contribution in [1.29, 1.82) is 0 Å². The van der Waals surface area contributed by atoms with E-state index in [4.69, 9.17) is 22.1 Å².